The summed E-state index contributed by atoms with van der Waals surface area (Å²) >= 11 is 0. The zero-order valence-corrected chi connectivity index (χ0v) is 10.7. The molecule has 3 heteroatoms. The van der Waals surface area contributed by atoms with E-state index in [1.54, 1.807) is 7.11 Å². The molecule has 2 saturated heterocycles. The van der Waals surface area contributed by atoms with Crippen molar-refractivity contribution in [2.24, 2.45) is 11.8 Å². The number of hydrogen-bond donors (Lipinski definition) is 2. The summed E-state index contributed by atoms with van der Waals surface area (Å²) in [6.45, 7) is 6.76. The predicted octanol–water partition coefficient (Wildman–Crippen LogP) is 1.39. The molecule has 0 aliphatic carbocycles. The number of nitrogens with one attached hydrogen (secondary N) is 2. The molecule has 0 radical (unpaired) electrons. The summed E-state index contributed by atoms with van der Waals surface area (Å²) in [6.07, 6.45) is 5.45. The predicted molar refractivity (Wildman–Crippen MR) is 66.6 cm³/mol. The lowest BCUT2D eigenvalue weighted by Gasteiger charge is -2.26. The molecule has 0 saturated carbocycles. The van der Waals surface area contributed by atoms with Crippen molar-refractivity contribution in [2.45, 2.75) is 38.1 Å². The van der Waals surface area contributed by atoms with Gasteiger partial charge in [-0.3, -0.25) is 0 Å². The van der Waals surface area contributed by atoms with E-state index >= 15 is 0 Å². The van der Waals surface area contributed by atoms with Crippen LogP contribution in [0.5, 0.6) is 0 Å². The maximum absolute atomic E-state index is 5.29. The Hall–Kier alpha value is -0.120. The Balaban J connectivity index is 1.75. The van der Waals surface area contributed by atoms with Gasteiger partial charge >= 0.3 is 0 Å². The quantitative estimate of drug-likeness (QED) is 0.760. The van der Waals surface area contributed by atoms with Crippen molar-refractivity contribution in [1.82, 2.24) is 10.6 Å². The molecule has 94 valence electrons. The van der Waals surface area contributed by atoms with Crippen LogP contribution in [0.4, 0.5) is 0 Å². The van der Waals surface area contributed by atoms with Crippen LogP contribution in [0.1, 0.15) is 32.6 Å². The summed E-state index contributed by atoms with van der Waals surface area (Å²) in [5.74, 6) is 1.76. The second-order valence-corrected chi connectivity index (χ2v) is 5.89. The van der Waals surface area contributed by atoms with Gasteiger partial charge in [-0.25, -0.2) is 0 Å². The fraction of sp³-hybridized carbons (Fsp3) is 1.00. The van der Waals surface area contributed by atoms with E-state index in [1.807, 2.05) is 0 Å². The molecular formula is C13H26N2O. The van der Waals surface area contributed by atoms with E-state index < -0.39 is 0 Å². The molecule has 0 bridgehead atoms. The van der Waals surface area contributed by atoms with Crippen LogP contribution in [0, 0.1) is 11.8 Å². The molecule has 0 aromatic carbocycles. The fourth-order valence-electron chi connectivity index (χ4n) is 3.36. The average Bonchev–Trinajstić information content (AvgIpc) is 2.62. The SMILES string of the molecule is COCC1(C)CC(CC2CCCNC2)CN1. The first-order chi connectivity index (χ1) is 7.72. The molecule has 2 rings (SSSR count). The van der Waals surface area contributed by atoms with Crippen molar-refractivity contribution in [3.8, 4) is 0 Å². The van der Waals surface area contributed by atoms with Crippen LogP contribution in [-0.2, 0) is 4.74 Å². The second-order valence-electron chi connectivity index (χ2n) is 5.89. The molecule has 2 fully saturated rings. The summed E-state index contributed by atoms with van der Waals surface area (Å²) in [6, 6.07) is 0. The molecular weight excluding hydrogens is 200 g/mol. The van der Waals surface area contributed by atoms with E-state index in [1.165, 1.54) is 45.3 Å². The zero-order chi connectivity index (χ0) is 11.4. The maximum Gasteiger partial charge on any atom is 0.0641 e. The lowest BCUT2D eigenvalue weighted by molar-refractivity contribution is 0.127. The van der Waals surface area contributed by atoms with Crippen LogP contribution >= 0.6 is 0 Å². The Morgan fingerprint density at radius 1 is 1.31 bits per heavy atom. The summed E-state index contributed by atoms with van der Waals surface area (Å²) < 4.78 is 5.29. The van der Waals surface area contributed by atoms with E-state index in [0.29, 0.717) is 0 Å². The maximum atomic E-state index is 5.29. The normalized spacial score (nSPS) is 40.1. The van der Waals surface area contributed by atoms with Gasteiger partial charge in [0.25, 0.3) is 0 Å². The van der Waals surface area contributed by atoms with Gasteiger partial charge in [-0.05, 0) is 64.1 Å². The largest absolute Gasteiger partial charge is 0.383 e. The minimum Gasteiger partial charge on any atom is -0.383 e. The first kappa shape index (κ1) is 12.3. The topological polar surface area (TPSA) is 33.3 Å². The number of rotatable bonds is 4. The minimum absolute atomic E-state index is 0.224. The van der Waals surface area contributed by atoms with Gasteiger partial charge in [-0.2, -0.15) is 0 Å². The van der Waals surface area contributed by atoms with Gasteiger partial charge in [0.1, 0.15) is 0 Å². The van der Waals surface area contributed by atoms with Crippen molar-refractivity contribution < 1.29 is 4.74 Å². The highest BCUT2D eigenvalue weighted by Gasteiger charge is 2.35. The Kier molecular flexibility index (Phi) is 4.22. The first-order valence-electron chi connectivity index (χ1n) is 6.66. The molecule has 3 unspecified atom stereocenters. The van der Waals surface area contributed by atoms with Crippen molar-refractivity contribution in [2.75, 3.05) is 33.4 Å². The van der Waals surface area contributed by atoms with E-state index in [9.17, 15) is 0 Å². The molecule has 0 amide bonds. The summed E-state index contributed by atoms with van der Waals surface area (Å²) in [7, 11) is 1.80. The molecule has 2 heterocycles. The molecule has 0 spiro atoms. The van der Waals surface area contributed by atoms with Crippen LogP contribution in [0.25, 0.3) is 0 Å². The van der Waals surface area contributed by atoms with Crippen molar-refractivity contribution in [1.29, 1.82) is 0 Å². The van der Waals surface area contributed by atoms with Gasteiger partial charge < -0.3 is 15.4 Å². The summed E-state index contributed by atoms with van der Waals surface area (Å²) in [5.41, 5.74) is 0.224. The zero-order valence-electron chi connectivity index (χ0n) is 10.7. The lowest BCUT2D eigenvalue weighted by Crippen LogP contribution is -2.40. The van der Waals surface area contributed by atoms with E-state index in [0.717, 1.165) is 18.4 Å². The van der Waals surface area contributed by atoms with Crippen LogP contribution in [-0.4, -0.2) is 38.9 Å². The van der Waals surface area contributed by atoms with Gasteiger partial charge in [0.05, 0.1) is 6.61 Å². The molecule has 2 N–H and O–H groups in total. The highest BCUT2D eigenvalue weighted by Crippen LogP contribution is 2.30. The fourth-order valence-corrected chi connectivity index (χ4v) is 3.36. The summed E-state index contributed by atoms with van der Waals surface area (Å²) in [5, 5.41) is 7.14. The van der Waals surface area contributed by atoms with Crippen LogP contribution in [0.15, 0.2) is 0 Å². The van der Waals surface area contributed by atoms with Gasteiger partial charge in [-0.15, -0.1) is 0 Å². The second kappa shape index (κ2) is 5.48. The van der Waals surface area contributed by atoms with E-state index in [4.69, 9.17) is 4.74 Å². The molecule has 16 heavy (non-hydrogen) atoms. The molecule has 3 nitrogen and oxygen atoms in total. The Bertz CT molecular complexity index is 216. The third-order valence-electron chi connectivity index (χ3n) is 4.09. The Morgan fingerprint density at radius 3 is 2.88 bits per heavy atom. The standard InChI is InChI=1S/C13H26N2O/c1-13(10-16-2)7-12(9-15-13)6-11-4-3-5-14-8-11/h11-12,14-15H,3-10H2,1-2H3. The van der Waals surface area contributed by atoms with E-state index in [-0.39, 0.29) is 5.54 Å². The third-order valence-corrected chi connectivity index (χ3v) is 4.09. The third kappa shape index (κ3) is 3.19. The molecule has 2 aliphatic heterocycles. The van der Waals surface area contributed by atoms with Crippen LogP contribution in [0.3, 0.4) is 0 Å². The number of ether oxygens (including phenoxy) is 1. The smallest absolute Gasteiger partial charge is 0.0641 e. The number of hydrogen-bond acceptors (Lipinski definition) is 3. The van der Waals surface area contributed by atoms with Gasteiger partial charge in [-0.1, -0.05) is 0 Å². The highest BCUT2D eigenvalue weighted by atomic mass is 16.5. The molecule has 0 aromatic rings. The van der Waals surface area contributed by atoms with Crippen molar-refractivity contribution in [3.63, 3.8) is 0 Å². The molecule has 3 atom stereocenters. The van der Waals surface area contributed by atoms with Crippen molar-refractivity contribution in [3.05, 3.63) is 0 Å². The van der Waals surface area contributed by atoms with Crippen LogP contribution < -0.4 is 10.6 Å². The molecule has 2 aliphatic rings. The van der Waals surface area contributed by atoms with Gasteiger partial charge in [0.15, 0.2) is 0 Å². The first-order valence-corrected chi connectivity index (χ1v) is 6.66. The summed E-state index contributed by atoms with van der Waals surface area (Å²) in [4.78, 5) is 0. The highest BCUT2D eigenvalue weighted by molar-refractivity contribution is 4.94. The Labute approximate surface area is 99.3 Å². The van der Waals surface area contributed by atoms with Crippen molar-refractivity contribution >= 4 is 0 Å². The van der Waals surface area contributed by atoms with Gasteiger partial charge in [0.2, 0.25) is 0 Å². The average molecular weight is 226 g/mol. The van der Waals surface area contributed by atoms with Crippen LogP contribution in [0.2, 0.25) is 0 Å². The number of piperidine rings is 1. The lowest BCUT2D eigenvalue weighted by atomic mass is 9.85. The number of methoxy groups -OCH3 is 1. The van der Waals surface area contributed by atoms with Gasteiger partial charge in [0, 0.05) is 12.6 Å². The molecule has 0 aromatic heterocycles. The van der Waals surface area contributed by atoms with E-state index in [2.05, 4.69) is 17.6 Å². The minimum atomic E-state index is 0.224. The monoisotopic (exact) mass is 226 g/mol. The Morgan fingerprint density at radius 2 is 2.19 bits per heavy atom.